The number of thiocarbonyl (C=S) groups is 1. The predicted molar refractivity (Wildman–Crippen MR) is 121 cm³/mol. The lowest BCUT2D eigenvalue weighted by molar-refractivity contribution is 0.247. The summed E-state index contributed by atoms with van der Waals surface area (Å²) in [6.45, 7) is 15.7. The molecule has 0 saturated carbocycles. The van der Waals surface area contributed by atoms with Crippen LogP contribution in [-0.4, -0.2) is 25.9 Å². The molecule has 1 atom stereocenters. The molecule has 0 amide bonds. The summed E-state index contributed by atoms with van der Waals surface area (Å²) >= 11 is 5.54. The first-order chi connectivity index (χ1) is 12.9. The second kappa shape index (κ2) is 7.75. The van der Waals surface area contributed by atoms with Crippen molar-refractivity contribution in [3.63, 3.8) is 0 Å². The zero-order valence-corrected chi connectivity index (χ0v) is 20.0. The van der Waals surface area contributed by atoms with Crippen LogP contribution < -0.4 is 4.52 Å². The summed E-state index contributed by atoms with van der Waals surface area (Å²) in [6.07, 6.45) is 1.20. The maximum Gasteiger partial charge on any atom is 0.524 e. The molecule has 5 nitrogen and oxygen atoms in total. The highest BCUT2D eigenvalue weighted by Crippen LogP contribution is 2.45. The highest BCUT2D eigenvalue weighted by molar-refractivity contribution is 7.81. The number of aryl methyl sites for hydroxylation is 1. The number of benzene rings is 1. The van der Waals surface area contributed by atoms with Gasteiger partial charge < -0.3 is 9.63 Å². The van der Waals surface area contributed by atoms with Crippen molar-refractivity contribution >= 4 is 30.5 Å². The molecule has 7 heteroatoms. The maximum atomic E-state index is 11.5. The van der Waals surface area contributed by atoms with Crippen molar-refractivity contribution < 1.29 is 24.0 Å². The molecule has 1 aromatic rings. The Morgan fingerprint density at radius 3 is 2.03 bits per heavy atom. The number of rotatable bonds is 3. The second-order valence-corrected chi connectivity index (χ2v) is 11.3. The van der Waals surface area contributed by atoms with Gasteiger partial charge in [0.15, 0.2) is 0 Å². The summed E-state index contributed by atoms with van der Waals surface area (Å²) in [6, 6.07) is 3.57. The smallest absolute Gasteiger partial charge is 0.404 e. The van der Waals surface area contributed by atoms with E-state index in [2.05, 4.69) is 0 Å². The van der Waals surface area contributed by atoms with Crippen molar-refractivity contribution in [1.82, 2.24) is 0 Å². The molecule has 160 valence electrons. The summed E-state index contributed by atoms with van der Waals surface area (Å²) in [5, 5.41) is 10.7. The third-order valence-corrected chi connectivity index (χ3v) is 6.09. The van der Waals surface area contributed by atoms with Gasteiger partial charge in [-0.2, -0.15) is 0 Å². The molecule has 1 aromatic carbocycles. The van der Waals surface area contributed by atoms with E-state index in [1.807, 2.05) is 67.5 Å². The number of aliphatic hydroxyl groups excluding tert-OH is 1. The van der Waals surface area contributed by atoms with Crippen molar-refractivity contribution in [1.29, 1.82) is 0 Å². The van der Waals surface area contributed by atoms with Gasteiger partial charge in [-0.25, -0.2) is 4.57 Å². The minimum Gasteiger partial charge on any atom is -0.404 e. The Hall–Kier alpha value is -1.30. The molecule has 0 saturated heterocycles. The molecule has 0 radical (unpaired) electrons. The van der Waals surface area contributed by atoms with E-state index in [1.165, 1.54) is 0 Å². The topological polar surface area (TPSA) is 87.0 Å². The molecule has 29 heavy (non-hydrogen) atoms. The van der Waals surface area contributed by atoms with Crippen LogP contribution in [0.25, 0.3) is 5.57 Å². The maximum absolute atomic E-state index is 11.5. The van der Waals surface area contributed by atoms with E-state index >= 15 is 0 Å². The molecule has 0 aliphatic heterocycles. The molecule has 2 rings (SSSR count). The predicted octanol–water partition coefficient (Wildman–Crippen LogP) is 5.25. The van der Waals surface area contributed by atoms with Crippen LogP contribution in [0.1, 0.15) is 65.2 Å². The van der Waals surface area contributed by atoms with Crippen LogP contribution >= 0.6 is 20.0 Å². The third-order valence-electron chi connectivity index (χ3n) is 5.12. The van der Waals surface area contributed by atoms with Gasteiger partial charge in [-0.1, -0.05) is 59.8 Å². The molecule has 1 unspecified atom stereocenters. The van der Waals surface area contributed by atoms with Gasteiger partial charge in [0.05, 0.1) is 4.86 Å². The Labute approximate surface area is 178 Å². The van der Waals surface area contributed by atoms with Crippen LogP contribution in [-0.2, 0) is 9.98 Å². The lowest BCUT2D eigenvalue weighted by Gasteiger charge is -2.33. The number of allylic oxidation sites excluding steroid dienone is 2. The van der Waals surface area contributed by atoms with Gasteiger partial charge in [-0.15, -0.1) is 0 Å². The summed E-state index contributed by atoms with van der Waals surface area (Å²) in [7, 11) is -4.69. The summed E-state index contributed by atoms with van der Waals surface area (Å²) in [5.41, 5.74) is 4.30. The minimum atomic E-state index is -4.69. The van der Waals surface area contributed by atoms with E-state index in [-0.39, 0.29) is 11.2 Å². The average Bonchev–Trinajstić information content (AvgIpc) is 2.50. The first-order valence-corrected chi connectivity index (χ1v) is 11.4. The minimum absolute atomic E-state index is 0.170. The zero-order valence-electron chi connectivity index (χ0n) is 18.3. The SMILES string of the molecule is CC1=C(c2cc(C(C)(C)C)c(OP(=O)(O)O)cc2C)C=C(C(C)(C)C)C(O)C1=S. The van der Waals surface area contributed by atoms with Gasteiger partial charge in [0.1, 0.15) is 11.9 Å². The molecule has 0 fully saturated rings. The van der Waals surface area contributed by atoms with Crippen molar-refractivity contribution in [3.05, 3.63) is 46.0 Å². The quantitative estimate of drug-likeness (QED) is 0.441. The van der Waals surface area contributed by atoms with Crippen LogP contribution in [0.5, 0.6) is 5.75 Å². The van der Waals surface area contributed by atoms with Gasteiger partial charge in [-0.05, 0) is 64.7 Å². The third kappa shape index (κ3) is 5.25. The van der Waals surface area contributed by atoms with Gasteiger partial charge in [-0.3, -0.25) is 9.79 Å². The Morgan fingerprint density at radius 1 is 1.03 bits per heavy atom. The highest BCUT2D eigenvalue weighted by atomic mass is 32.1. The standard InChI is InChI=1S/C22H31O5PS/c1-12-9-18(27-28(24,25)26)16(21(3,4)5)10-14(12)15-11-17(22(6,7)8)19(23)20(29)13(15)2/h9-11,19,23H,1-8H3,(H2,24,25,26). The molecule has 0 heterocycles. The Balaban J connectivity index is 2.79. The number of phosphoric ester groups is 1. The second-order valence-electron chi connectivity index (χ2n) is 9.65. The lowest BCUT2D eigenvalue weighted by atomic mass is 9.74. The normalized spacial score (nSPS) is 18.8. The van der Waals surface area contributed by atoms with Crippen LogP contribution in [0.15, 0.2) is 29.4 Å². The Morgan fingerprint density at radius 2 is 1.59 bits per heavy atom. The van der Waals surface area contributed by atoms with Crippen molar-refractivity contribution in [3.8, 4) is 5.75 Å². The first-order valence-electron chi connectivity index (χ1n) is 9.49. The number of aliphatic hydroxyl groups is 1. The van der Waals surface area contributed by atoms with Gasteiger partial charge in [0, 0.05) is 5.56 Å². The largest absolute Gasteiger partial charge is 0.524 e. The molecule has 1 aliphatic rings. The first kappa shape index (κ1) is 24.0. The fraction of sp³-hybridized carbons (Fsp3) is 0.500. The van der Waals surface area contributed by atoms with Crippen LogP contribution in [0.4, 0.5) is 0 Å². The monoisotopic (exact) mass is 438 g/mol. The van der Waals surface area contributed by atoms with Crippen molar-refractivity contribution in [2.75, 3.05) is 0 Å². The van der Waals surface area contributed by atoms with Crippen molar-refractivity contribution in [2.24, 2.45) is 5.41 Å². The molecule has 0 bridgehead atoms. The molecule has 3 N–H and O–H groups in total. The Bertz CT molecular complexity index is 955. The summed E-state index contributed by atoms with van der Waals surface area (Å²) < 4.78 is 16.5. The van der Waals surface area contributed by atoms with E-state index < -0.39 is 19.3 Å². The lowest BCUT2D eigenvalue weighted by Crippen LogP contribution is -2.32. The Kier molecular flexibility index (Phi) is 6.41. The summed E-state index contributed by atoms with van der Waals surface area (Å²) in [5.74, 6) is 0.170. The molecular formula is C22H31O5PS. The molecular weight excluding hydrogens is 407 g/mol. The average molecular weight is 439 g/mol. The fourth-order valence-electron chi connectivity index (χ4n) is 3.49. The number of phosphoric acid groups is 1. The molecule has 1 aliphatic carbocycles. The van der Waals surface area contributed by atoms with Crippen LogP contribution in [0.3, 0.4) is 0 Å². The number of hydrogen-bond acceptors (Lipinski definition) is 4. The summed E-state index contributed by atoms with van der Waals surface area (Å²) in [4.78, 5) is 19.2. The number of hydrogen-bond donors (Lipinski definition) is 3. The molecule has 0 aromatic heterocycles. The van der Waals surface area contributed by atoms with Crippen LogP contribution in [0, 0.1) is 12.3 Å². The fourth-order valence-corrected chi connectivity index (χ4v) is 4.13. The van der Waals surface area contributed by atoms with Crippen LogP contribution in [0.2, 0.25) is 0 Å². The van der Waals surface area contributed by atoms with E-state index in [9.17, 15) is 19.5 Å². The molecule has 0 spiro atoms. The van der Waals surface area contributed by atoms with E-state index in [1.54, 1.807) is 6.07 Å². The van der Waals surface area contributed by atoms with Gasteiger partial charge in [0.25, 0.3) is 0 Å². The van der Waals surface area contributed by atoms with Gasteiger partial charge >= 0.3 is 7.82 Å². The highest BCUT2D eigenvalue weighted by Gasteiger charge is 2.33. The van der Waals surface area contributed by atoms with E-state index in [0.29, 0.717) is 10.4 Å². The van der Waals surface area contributed by atoms with E-state index in [4.69, 9.17) is 16.7 Å². The van der Waals surface area contributed by atoms with Crippen molar-refractivity contribution in [2.45, 2.75) is 66.9 Å². The van der Waals surface area contributed by atoms with Gasteiger partial charge in [0.2, 0.25) is 0 Å². The van der Waals surface area contributed by atoms with E-state index in [0.717, 1.165) is 27.8 Å². The zero-order chi connectivity index (χ0) is 22.5.